The molecule has 0 N–H and O–H groups in total. The number of nitrogens with zero attached hydrogens (tertiary/aromatic N) is 4. The monoisotopic (exact) mass is 872 g/mol. The summed E-state index contributed by atoms with van der Waals surface area (Å²) in [5.41, 5.74) is 11.2. The normalized spacial score (nSPS) is 11.6. The van der Waals surface area contributed by atoms with Crippen LogP contribution >= 0.6 is 0 Å². The van der Waals surface area contributed by atoms with Crippen LogP contribution < -0.4 is 0 Å². The molecule has 54 heavy (non-hydrogen) atoms. The Labute approximate surface area is 324 Å². The molecular weight excluding hydrogens is 844 g/mol. The van der Waals surface area contributed by atoms with Crippen LogP contribution in [0.2, 0.25) is 0 Å². The van der Waals surface area contributed by atoms with Gasteiger partial charge in [-0.2, -0.15) is 24.3 Å². The molecule has 8 bridgehead atoms. The van der Waals surface area contributed by atoms with E-state index in [1.54, 1.807) is 0 Å². The molecule has 0 radical (unpaired) electrons. The Morgan fingerprint density at radius 1 is 0.500 bits per heavy atom. The summed E-state index contributed by atoms with van der Waals surface area (Å²) in [6.45, 7) is 0. The summed E-state index contributed by atoms with van der Waals surface area (Å²) in [6, 6.07) is 66.4. The maximum atomic E-state index is 6.55. The van der Waals surface area contributed by atoms with E-state index in [1.165, 1.54) is 0 Å². The van der Waals surface area contributed by atoms with Gasteiger partial charge in [0.25, 0.3) is 0 Å². The SMILES string of the molecule is [Pt].[c-]1c2cccc1n1[cH-]n(c3c(-c4ccccc4)cccc3c3ccccc3c3cccc(n3)n3c4[c-]c(ccc4c4ccccc43)o2)-c2ccccc2-1. The first kappa shape index (κ1) is 32.1. The summed E-state index contributed by atoms with van der Waals surface area (Å²) < 4.78 is 13.3. The zero-order valence-electron chi connectivity index (χ0n) is 28.8. The minimum Gasteiger partial charge on any atom is -0.510 e. The van der Waals surface area contributed by atoms with Crippen LogP contribution in [0.25, 0.3) is 93.8 Å². The fourth-order valence-corrected chi connectivity index (χ4v) is 7.92. The van der Waals surface area contributed by atoms with Crippen molar-refractivity contribution in [2.75, 3.05) is 0 Å². The molecule has 10 aromatic rings. The molecule has 7 aromatic carbocycles. The van der Waals surface area contributed by atoms with Gasteiger partial charge in [0.2, 0.25) is 0 Å². The average molecular weight is 873 g/mol. The van der Waals surface area contributed by atoms with Crippen LogP contribution in [0.1, 0.15) is 0 Å². The van der Waals surface area contributed by atoms with E-state index < -0.39 is 0 Å². The second kappa shape index (κ2) is 12.8. The fourth-order valence-electron chi connectivity index (χ4n) is 7.92. The minimum atomic E-state index is 0. The minimum absolute atomic E-state index is 0. The van der Waals surface area contributed by atoms with Crippen molar-refractivity contribution >= 4 is 71.3 Å². The molecule has 11 rings (SSSR count). The van der Waals surface area contributed by atoms with Crippen LogP contribution in [-0.2, 0) is 21.1 Å². The third-order valence-corrected chi connectivity index (χ3v) is 10.2. The van der Waals surface area contributed by atoms with Crippen LogP contribution in [0.3, 0.4) is 0 Å². The van der Waals surface area contributed by atoms with Crippen LogP contribution in [0.4, 0.5) is 0 Å². The van der Waals surface area contributed by atoms with Crippen molar-refractivity contribution in [1.29, 1.82) is 0 Å². The van der Waals surface area contributed by atoms with Gasteiger partial charge >= 0.3 is 0 Å². The van der Waals surface area contributed by atoms with Gasteiger partial charge in [0, 0.05) is 49.5 Å². The van der Waals surface area contributed by atoms with E-state index in [4.69, 9.17) is 9.40 Å². The molecule has 0 atom stereocenters. The zero-order chi connectivity index (χ0) is 34.9. The number of hydrogen-bond donors (Lipinski definition) is 0. The Morgan fingerprint density at radius 3 is 2.06 bits per heavy atom. The van der Waals surface area contributed by atoms with Gasteiger partial charge in [-0.1, -0.05) is 127 Å². The van der Waals surface area contributed by atoms with Gasteiger partial charge < -0.3 is 18.0 Å². The molecule has 0 spiro atoms. The van der Waals surface area contributed by atoms with Gasteiger partial charge in [0.15, 0.2) is 0 Å². The Balaban J connectivity index is 0.00000361. The quantitative estimate of drug-likeness (QED) is 0.154. The standard InChI is InChI=1S/C48H29N4O.Pt/c1-2-13-32(14-3-1)36-20-11-21-41-37-17-4-5-18-38(37)42-22-12-26-47(49-42)52-43-23-7-6-19-39(43)40-28-27-35(30-46(40)52)53-34-16-10-15-33(29-34)50-31-51(48(36)41)45-25-9-8-24-44(45)50;/h1-28,31H;/q-3;. The first-order chi connectivity index (χ1) is 26.3. The van der Waals surface area contributed by atoms with Crippen molar-refractivity contribution in [1.82, 2.24) is 18.5 Å². The van der Waals surface area contributed by atoms with Crippen LogP contribution in [0.15, 0.2) is 181 Å². The smallest absolute Gasteiger partial charge is 0.136 e. The van der Waals surface area contributed by atoms with Gasteiger partial charge in [-0.05, 0) is 62.4 Å². The van der Waals surface area contributed by atoms with Crippen molar-refractivity contribution in [3.63, 3.8) is 0 Å². The predicted octanol–water partition coefficient (Wildman–Crippen LogP) is 12.1. The molecule has 1 aliphatic heterocycles. The van der Waals surface area contributed by atoms with Gasteiger partial charge in [-0.25, -0.2) is 4.98 Å². The number of aromatic nitrogens is 4. The van der Waals surface area contributed by atoms with E-state index in [1.807, 2.05) is 18.2 Å². The Hall–Kier alpha value is -6.55. The van der Waals surface area contributed by atoms with Gasteiger partial charge in [-0.15, -0.1) is 29.1 Å². The molecule has 0 fully saturated rings. The molecule has 0 unspecified atom stereocenters. The van der Waals surface area contributed by atoms with Gasteiger partial charge in [-0.3, -0.25) is 0 Å². The molecule has 1 aliphatic rings. The van der Waals surface area contributed by atoms with E-state index in [9.17, 15) is 0 Å². The average Bonchev–Trinajstić information content (AvgIpc) is 3.77. The molecule has 260 valence electrons. The summed E-state index contributed by atoms with van der Waals surface area (Å²) in [4.78, 5) is 5.40. The largest absolute Gasteiger partial charge is 0.510 e. The number of fused-ring (bicyclic) bond motifs is 20. The Bertz CT molecular complexity index is 3300. The third kappa shape index (κ3) is 5.04. The van der Waals surface area contributed by atoms with Crippen molar-refractivity contribution in [2.45, 2.75) is 0 Å². The summed E-state index contributed by atoms with van der Waals surface area (Å²) in [6.07, 6.45) is 2.17. The number of pyridine rings is 1. The van der Waals surface area contributed by atoms with E-state index in [-0.39, 0.29) is 21.1 Å². The topological polar surface area (TPSA) is 40.3 Å². The van der Waals surface area contributed by atoms with Gasteiger partial charge in [0.05, 0.1) is 5.52 Å². The van der Waals surface area contributed by atoms with E-state index >= 15 is 0 Å². The molecule has 5 nitrogen and oxygen atoms in total. The van der Waals surface area contributed by atoms with Crippen LogP contribution in [0.5, 0.6) is 0 Å². The van der Waals surface area contributed by atoms with Crippen molar-refractivity contribution < 1.29 is 25.5 Å². The first-order valence-electron chi connectivity index (χ1n) is 17.7. The van der Waals surface area contributed by atoms with E-state index in [0.29, 0.717) is 11.2 Å². The summed E-state index contributed by atoms with van der Waals surface area (Å²) >= 11 is 0. The Morgan fingerprint density at radius 2 is 1.19 bits per heavy atom. The Kier molecular flexibility index (Phi) is 7.64. The zero-order valence-corrected chi connectivity index (χ0v) is 31.0. The maximum absolute atomic E-state index is 6.55. The molecule has 4 heterocycles. The molecule has 0 amide bonds. The molecular formula is C48H29N4OPt-3. The number of imidazole rings is 1. The molecule has 0 saturated carbocycles. The molecule has 6 heteroatoms. The maximum Gasteiger partial charge on any atom is 0.136 e. The molecule has 3 aromatic heterocycles. The summed E-state index contributed by atoms with van der Waals surface area (Å²) in [7, 11) is 0. The van der Waals surface area contributed by atoms with Crippen molar-refractivity contribution in [3.8, 4) is 22.5 Å². The summed E-state index contributed by atoms with van der Waals surface area (Å²) in [5.74, 6) is 0. The van der Waals surface area contributed by atoms with Crippen LogP contribution in [0, 0.1) is 12.1 Å². The van der Waals surface area contributed by atoms with Crippen molar-refractivity contribution in [2.24, 2.45) is 0 Å². The second-order valence-electron chi connectivity index (χ2n) is 13.3. The van der Waals surface area contributed by atoms with E-state index in [0.717, 1.165) is 82.7 Å². The number of hydrogen-bond acceptors (Lipinski definition) is 2. The first-order valence-corrected chi connectivity index (χ1v) is 17.7. The number of para-hydroxylation sites is 4. The van der Waals surface area contributed by atoms with E-state index in [2.05, 4.69) is 184 Å². The van der Waals surface area contributed by atoms with Gasteiger partial charge in [0.1, 0.15) is 5.65 Å². The molecule has 0 aliphatic carbocycles. The second-order valence-corrected chi connectivity index (χ2v) is 13.3. The van der Waals surface area contributed by atoms with Crippen molar-refractivity contribution in [3.05, 3.63) is 188 Å². The number of benzene rings is 7. The number of rotatable bonds is 1. The third-order valence-electron chi connectivity index (χ3n) is 10.2. The van der Waals surface area contributed by atoms with Crippen LogP contribution in [-0.4, -0.2) is 18.5 Å². The summed E-state index contributed by atoms with van der Waals surface area (Å²) in [5, 5.41) is 5.44. The molecule has 0 saturated heterocycles. The predicted molar refractivity (Wildman–Crippen MR) is 216 cm³/mol. The fraction of sp³-hybridized carbons (Fsp3) is 0.